The zero-order valence-electron chi connectivity index (χ0n) is 10.2. The van der Waals surface area contributed by atoms with Gasteiger partial charge in [0, 0.05) is 19.6 Å². The number of sulfonamides is 1. The average molecular weight is 261 g/mol. The summed E-state index contributed by atoms with van der Waals surface area (Å²) in [5, 5.41) is 11.9. The Bertz CT molecular complexity index is 375. The highest BCUT2D eigenvalue weighted by atomic mass is 32.2. The number of nitriles is 1. The molecule has 7 heteroatoms. The number of hydrogen-bond donors (Lipinski definition) is 1. The molecule has 1 N–H and O–H groups in total. The van der Waals surface area contributed by atoms with Crippen LogP contribution in [0.25, 0.3) is 0 Å². The molecule has 17 heavy (non-hydrogen) atoms. The van der Waals surface area contributed by atoms with Crippen molar-refractivity contribution in [3.05, 3.63) is 0 Å². The maximum Gasteiger partial charge on any atom is 0.217 e. The number of nitrogens with zero attached hydrogens (tertiary/aromatic N) is 2. The molecule has 0 spiro atoms. The minimum atomic E-state index is -3.39. The van der Waals surface area contributed by atoms with Gasteiger partial charge < -0.3 is 10.1 Å². The molecular formula is C10H19N3O3S. The van der Waals surface area contributed by atoms with Gasteiger partial charge in [0.1, 0.15) is 6.04 Å². The monoisotopic (exact) mass is 261 g/mol. The molecule has 1 heterocycles. The van der Waals surface area contributed by atoms with E-state index >= 15 is 0 Å². The van der Waals surface area contributed by atoms with Crippen molar-refractivity contribution < 1.29 is 13.2 Å². The predicted octanol–water partition coefficient (Wildman–Crippen LogP) is -0.461. The van der Waals surface area contributed by atoms with E-state index in [0.29, 0.717) is 19.6 Å². The fraction of sp³-hybridized carbons (Fsp3) is 0.900. The van der Waals surface area contributed by atoms with E-state index in [9.17, 15) is 8.42 Å². The first kappa shape index (κ1) is 14.4. The Hall–Kier alpha value is -0.680. The van der Waals surface area contributed by atoms with E-state index in [-0.39, 0.29) is 18.5 Å². The van der Waals surface area contributed by atoms with E-state index in [1.54, 1.807) is 0 Å². The average Bonchev–Trinajstić information content (AvgIpc) is 2.28. The highest BCUT2D eigenvalue weighted by Gasteiger charge is 2.31. The van der Waals surface area contributed by atoms with Gasteiger partial charge in [-0.1, -0.05) is 0 Å². The Balaban J connectivity index is 2.59. The smallest absolute Gasteiger partial charge is 0.217 e. The summed E-state index contributed by atoms with van der Waals surface area (Å²) in [5.74, 6) is -0.0661. The minimum Gasteiger partial charge on any atom is -0.378 e. The SMILES string of the molecule is CC(C)OCCS(=O)(=O)N1CCNCC1C#N. The second kappa shape index (κ2) is 6.31. The third kappa shape index (κ3) is 4.24. The van der Waals surface area contributed by atoms with Crippen molar-refractivity contribution in [3.63, 3.8) is 0 Å². The summed E-state index contributed by atoms with van der Waals surface area (Å²) in [7, 11) is -3.39. The van der Waals surface area contributed by atoms with Crippen molar-refractivity contribution in [3.8, 4) is 6.07 Å². The fourth-order valence-electron chi connectivity index (χ4n) is 1.64. The first-order chi connectivity index (χ1) is 7.97. The second-order valence-corrected chi connectivity index (χ2v) is 6.24. The summed E-state index contributed by atoms with van der Waals surface area (Å²) >= 11 is 0. The van der Waals surface area contributed by atoms with Crippen molar-refractivity contribution in [1.29, 1.82) is 5.26 Å². The largest absolute Gasteiger partial charge is 0.378 e. The molecule has 0 aromatic carbocycles. The molecule has 0 bridgehead atoms. The van der Waals surface area contributed by atoms with Crippen molar-refractivity contribution >= 4 is 10.0 Å². The van der Waals surface area contributed by atoms with Gasteiger partial charge in [0.05, 0.1) is 24.5 Å². The molecule has 1 saturated heterocycles. The second-order valence-electron chi connectivity index (χ2n) is 4.20. The topological polar surface area (TPSA) is 82.4 Å². The molecule has 1 unspecified atom stereocenters. The van der Waals surface area contributed by atoms with Crippen LogP contribution in [0.5, 0.6) is 0 Å². The molecule has 0 aliphatic carbocycles. The summed E-state index contributed by atoms with van der Waals surface area (Å²) in [6.45, 7) is 5.21. The van der Waals surface area contributed by atoms with Crippen LogP contribution in [0.1, 0.15) is 13.8 Å². The van der Waals surface area contributed by atoms with Crippen LogP contribution in [0.15, 0.2) is 0 Å². The van der Waals surface area contributed by atoms with Gasteiger partial charge in [0.2, 0.25) is 10.0 Å². The van der Waals surface area contributed by atoms with Crippen LogP contribution >= 0.6 is 0 Å². The molecule has 1 atom stereocenters. The van der Waals surface area contributed by atoms with Gasteiger partial charge >= 0.3 is 0 Å². The molecule has 0 aromatic rings. The lowest BCUT2D eigenvalue weighted by Gasteiger charge is -2.30. The Morgan fingerprint density at radius 3 is 2.88 bits per heavy atom. The molecule has 1 fully saturated rings. The number of hydrogen-bond acceptors (Lipinski definition) is 5. The highest BCUT2D eigenvalue weighted by Crippen LogP contribution is 2.10. The van der Waals surface area contributed by atoms with Gasteiger partial charge in [-0.2, -0.15) is 9.57 Å². The first-order valence-corrected chi connectivity index (χ1v) is 7.29. The maximum absolute atomic E-state index is 12.0. The van der Waals surface area contributed by atoms with Gasteiger partial charge in [-0.25, -0.2) is 8.42 Å². The van der Waals surface area contributed by atoms with Gasteiger partial charge in [-0.05, 0) is 13.8 Å². The summed E-state index contributed by atoms with van der Waals surface area (Å²) in [6.07, 6.45) is 0.0139. The van der Waals surface area contributed by atoms with E-state index < -0.39 is 16.1 Å². The van der Waals surface area contributed by atoms with E-state index in [1.807, 2.05) is 19.9 Å². The van der Waals surface area contributed by atoms with E-state index in [0.717, 1.165) is 0 Å². The number of ether oxygens (including phenoxy) is 1. The minimum absolute atomic E-state index is 0.0139. The van der Waals surface area contributed by atoms with Crippen LogP contribution in [0.2, 0.25) is 0 Å². The molecule has 6 nitrogen and oxygen atoms in total. The Kier molecular flexibility index (Phi) is 5.33. The molecule has 0 amide bonds. The van der Waals surface area contributed by atoms with Crippen molar-refractivity contribution in [2.24, 2.45) is 0 Å². The van der Waals surface area contributed by atoms with Gasteiger partial charge in [-0.3, -0.25) is 0 Å². The zero-order valence-corrected chi connectivity index (χ0v) is 11.0. The number of piperazine rings is 1. The molecule has 1 aliphatic rings. The van der Waals surface area contributed by atoms with Crippen LogP contribution in [0.3, 0.4) is 0 Å². The van der Waals surface area contributed by atoms with Crippen molar-refractivity contribution in [1.82, 2.24) is 9.62 Å². The summed E-state index contributed by atoms with van der Waals surface area (Å²) in [5.41, 5.74) is 0. The highest BCUT2D eigenvalue weighted by molar-refractivity contribution is 7.89. The van der Waals surface area contributed by atoms with E-state index in [2.05, 4.69) is 5.32 Å². The normalized spacial score (nSPS) is 22.6. The summed E-state index contributed by atoms with van der Waals surface area (Å²) < 4.78 is 30.5. The quantitative estimate of drug-likeness (QED) is 0.724. The summed E-state index contributed by atoms with van der Waals surface area (Å²) in [4.78, 5) is 0. The lowest BCUT2D eigenvalue weighted by Crippen LogP contribution is -2.53. The van der Waals surface area contributed by atoms with Crippen LogP contribution in [-0.4, -0.2) is 56.9 Å². The molecule has 0 saturated carbocycles. The lowest BCUT2D eigenvalue weighted by molar-refractivity contribution is 0.0905. The van der Waals surface area contributed by atoms with Gasteiger partial charge in [-0.15, -0.1) is 0 Å². The lowest BCUT2D eigenvalue weighted by atomic mass is 10.3. The standard InChI is InChI=1S/C10H19N3O3S/c1-9(2)16-5-6-17(14,15)13-4-3-12-8-10(13)7-11/h9-10,12H,3-6,8H2,1-2H3. The number of rotatable bonds is 5. The summed E-state index contributed by atoms with van der Waals surface area (Å²) in [6, 6.07) is 1.40. The predicted molar refractivity (Wildman–Crippen MR) is 63.9 cm³/mol. The molecule has 1 rings (SSSR count). The Morgan fingerprint density at radius 1 is 1.59 bits per heavy atom. The Labute approximate surface area is 103 Å². The van der Waals surface area contributed by atoms with Gasteiger partial charge in [0.25, 0.3) is 0 Å². The van der Waals surface area contributed by atoms with Crippen molar-refractivity contribution in [2.75, 3.05) is 32.0 Å². The number of nitrogens with one attached hydrogen (secondary N) is 1. The molecule has 98 valence electrons. The van der Waals surface area contributed by atoms with E-state index in [1.165, 1.54) is 4.31 Å². The zero-order chi connectivity index (χ0) is 12.9. The van der Waals surface area contributed by atoms with Crippen molar-refractivity contribution in [2.45, 2.75) is 26.0 Å². The van der Waals surface area contributed by atoms with E-state index in [4.69, 9.17) is 10.00 Å². The van der Waals surface area contributed by atoms with Crippen LogP contribution < -0.4 is 5.32 Å². The maximum atomic E-state index is 12.0. The third-order valence-corrected chi connectivity index (χ3v) is 4.33. The molecule has 0 radical (unpaired) electrons. The molecule has 1 aliphatic heterocycles. The van der Waals surface area contributed by atoms with Gasteiger partial charge in [0.15, 0.2) is 0 Å². The first-order valence-electron chi connectivity index (χ1n) is 5.69. The fourth-order valence-corrected chi connectivity index (χ4v) is 3.06. The Morgan fingerprint density at radius 2 is 2.29 bits per heavy atom. The molecule has 0 aromatic heterocycles. The van der Waals surface area contributed by atoms with Crippen LogP contribution in [-0.2, 0) is 14.8 Å². The third-order valence-electron chi connectivity index (χ3n) is 2.49. The molecular weight excluding hydrogens is 242 g/mol. The van der Waals surface area contributed by atoms with Crippen LogP contribution in [0, 0.1) is 11.3 Å². The van der Waals surface area contributed by atoms with Crippen LogP contribution in [0.4, 0.5) is 0 Å².